The lowest BCUT2D eigenvalue weighted by Gasteiger charge is -2.23. The molecule has 124 valence electrons. The standard InChI is InChI=1S/C16H23BrClNO3/c1-16(2,3)22-10-14(17)15(21)19-13(9-20)8-11-4-6-12(18)7-5-11/h4-7,13-14,20H,8-10H2,1-3H3,(H,19,21). The van der Waals surface area contributed by atoms with Gasteiger partial charge in [0, 0.05) is 5.02 Å². The number of rotatable bonds is 7. The summed E-state index contributed by atoms with van der Waals surface area (Å²) in [4.78, 5) is 11.7. The van der Waals surface area contributed by atoms with E-state index in [2.05, 4.69) is 21.2 Å². The van der Waals surface area contributed by atoms with Crippen LogP contribution in [0.25, 0.3) is 0 Å². The summed E-state index contributed by atoms with van der Waals surface area (Å²) in [6.45, 7) is 5.94. The van der Waals surface area contributed by atoms with E-state index in [1.165, 1.54) is 0 Å². The smallest absolute Gasteiger partial charge is 0.236 e. The van der Waals surface area contributed by atoms with Crippen LogP contribution in [0.1, 0.15) is 26.3 Å². The SMILES string of the molecule is CC(C)(C)OCC(Br)C(=O)NC(CO)Cc1ccc(Cl)cc1. The van der Waals surface area contributed by atoms with Crippen molar-refractivity contribution in [2.45, 2.75) is 43.7 Å². The summed E-state index contributed by atoms with van der Waals surface area (Å²) in [5.41, 5.74) is 0.701. The number of amides is 1. The molecule has 0 bridgehead atoms. The number of aliphatic hydroxyl groups excluding tert-OH is 1. The summed E-state index contributed by atoms with van der Waals surface area (Å²) < 4.78 is 5.57. The first kappa shape index (κ1) is 19.4. The Balaban J connectivity index is 2.50. The van der Waals surface area contributed by atoms with E-state index in [1.54, 1.807) is 12.1 Å². The van der Waals surface area contributed by atoms with Gasteiger partial charge in [-0.25, -0.2) is 0 Å². The van der Waals surface area contributed by atoms with Crippen molar-refractivity contribution in [3.05, 3.63) is 34.9 Å². The Bertz CT molecular complexity index is 473. The Morgan fingerprint density at radius 1 is 1.36 bits per heavy atom. The van der Waals surface area contributed by atoms with Gasteiger partial charge in [0.25, 0.3) is 0 Å². The molecule has 0 saturated heterocycles. The molecular weight excluding hydrogens is 370 g/mol. The van der Waals surface area contributed by atoms with E-state index in [9.17, 15) is 9.90 Å². The molecule has 0 heterocycles. The highest BCUT2D eigenvalue weighted by Gasteiger charge is 2.21. The summed E-state index contributed by atoms with van der Waals surface area (Å²) in [6.07, 6.45) is 0.541. The number of nitrogens with one attached hydrogen (secondary N) is 1. The largest absolute Gasteiger partial charge is 0.394 e. The second kappa shape index (κ2) is 8.87. The number of alkyl halides is 1. The van der Waals surface area contributed by atoms with Crippen molar-refractivity contribution in [3.8, 4) is 0 Å². The van der Waals surface area contributed by atoms with Gasteiger partial charge in [-0.15, -0.1) is 0 Å². The Kier molecular flexibility index (Phi) is 7.83. The second-order valence-electron chi connectivity index (χ2n) is 6.11. The minimum Gasteiger partial charge on any atom is -0.394 e. The topological polar surface area (TPSA) is 58.6 Å². The molecule has 6 heteroatoms. The Labute approximate surface area is 145 Å². The summed E-state index contributed by atoms with van der Waals surface area (Å²) in [5, 5.41) is 12.9. The summed E-state index contributed by atoms with van der Waals surface area (Å²) in [6, 6.07) is 7.00. The van der Waals surface area contributed by atoms with Gasteiger partial charge in [0.1, 0.15) is 4.83 Å². The lowest BCUT2D eigenvalue weighted by Crippen LogP contribution is -2.44. The molecule has 2 unspecified atom stereocenters. The fraction of sp³-hybridized carbons (Fsp3) is 0.562. The fourth-order valence-electron chi connectivity index (χ4n) is 1.76. The lowest BCUT2D eigenvalue weighted by atomic mass is 10.1. The summed E-state index contributed by atoms with van der Waals surface area (Å²) >= 11 is 9.15. The van der Waals surface area contributed by atoms with E-state index >= 15 is 0 Å². The van der Waals surface area contributed by atoms with E-state index in [4.69, 9.17) is 16.3 Å². The Morgan fingerprint density at radius 3 is 2.45 bits per heavy atom. The van der Waals surface area contributed by atoms with Crippen molar-refractivity contribution in [2.24, 2.45) is 0 Å². The van der Waals surface area contributed by atoms with Gasteiger partial charge in [-0.1, -0.05) is 39.7 Å². The van der Waals surface area contributed by atoms with Gasteiger partial charge in [-0.05, 0) is 44.9 Å². The maximum atomic E-state index is 12.1. The zero-order valence-electron chi connectivity index (χ0n) is 13.1. The number of hydrogen-bond donors (Lipinski definition) is 2. The third kappa shape index (κ3) is 7.58. The van der Waals surface area contributed by atoms with Crippen LogP contribution in [0, 0.1) is 0 Å². The first-order chi connectivity index (χ1) is 10.2. The van der Waals surface area contributed by atoms with Crippen LogP contribution in [-0.4, -0.2) is 40.7 Å². The number of carbonyl (C=O) groups is 1. The molecule has 2 atom stereocenters. The zero-order valence-corrected chi connectivity index (χ0v) is 15.4. The van der Waals surface area contributed by atoms with Gasteiger partial charge in [0.2, 0.25) is 5.91 Å². The maximum absolute atomic E-state index is 12.1. The van der Waals surface area contributed by atoms with E-state index in [0.717, 1.165) is 5.56 Å². The van der Waals surface area contributed by atoms with E-state index in [0.29, 0.717) is 11.4 Å². The van der Waals surface area contributed by atoms with Crippen LogP contribution in [0.4, 0.5) is 0 Å². The molecule has 0 radical (unpaired) electrons. The van der Waals surface area contributed by atoms with Crippen molar-refractivity contribution in [1.29, 1.82) is 0 Å². The van der Waals surface area contributed by atoms with Gasteiger partial charge < -0.3 is 15.2 Å². The first-order valence-electron chi connectivity index (χ1n) is 7.15. The quantitative estimate of drug-likeness (QED) is 0.701. The number of halogens is 2. The molecular formula is C16H23BrClNO3. The van der Waals surface area contributed by atoms with Crippen LogP contribution >= 0.6 is 27.5 Å². The van der Waals surface area contributed by atoms with Crippen LogP contribution in [0.3, 0.4) is 0 Å². The van der Waals surface area contributed by atoms with Gasteiger partial charge >= 0.3 is 0 Å². The molecule has 1 amide bonds. The summed E-state index contributed by atoms with van der Waals surface area (Å²) in [7, 11) is 0. The molecule has 22 heavy (non-hydrogen) atoms. The van der Waals surface area contributed by atoms with Crippen molar-refractivity contribution in [2.75, 3.05) is 13.2 Å². The number of carbonyl (C=O) groups excluding carboxylic acids is 1. The molecule has 1 aromatic carbocycles. The van der Waals surface area contributed by atoms with Gasteiger partial charge in [0.05, 0.1) is 24.9 Å². The van der Waals surface area contributed by atoms with Crippen molar-refractivity contribution < 1.29 is 14.6 Å². The zero-order chi connectivity index (χ0) is 16.8. The van der Waals surface area contributed by atoms with Crippen molar-refractivity contribution >= 4 is 33.4 Å². The maximum Gasteiger partial charge on any atom is 0.236 e. The third-order valence-corrected chi connectivity index (χ3v) is 3.84. The molecule has 0 spiro atoms. The summed E-state index contributed by atoms with van der Waals surface area (Å²) in [5.74, 6) is -0.197. The van der Waals surface area contributed by atoms with E-state index in [-0.39, 0.29) is 30.8 Å². The minimum atomic E-state index is -0.453. The lowest BCUT2D eigenvalue weighted by molar-refractivity contribution is -0.123. The Morgan fingerprint density at radius 2 is 1.95 bits per heavy atom. The molecule has 1 rings (SSSR count). The number of hydrogen-bond acceptors (Lipinski definition) is 3. The first-order valence-corrected chi connectivity index (χ1v) is 8.44. The van der Waals surface area contributed by atoms with Crippen LogP contribution in [0.2, 0.25) is 5.02 Å². The van der Waals surface area contributed by atoms with Crippen molar-refractivity contribution in [3.63, 3.8) is 0 Å². The fourth-order valence-corrected chi connectivity index (χ4v) is 2.15. The highest BCUT2D eigenvalue weighted by molar-refractivity contribution is 9.10. The highest BCUT2D eigenvalue weighted by atomic mass is 79.9. The van der Waals surface area contributed by atoms with Crippen LogP contribution in [-0.2, 0) is 16.0 Å². The molecule has 1 aromatic rings. The molecule has 0 saturated carbocycles. The number of ether oxygens (including phenoxy) is 1. The van der Waals surface area contributed by atoms with Gasteiger partial charge in [-0.2, -0.15) is 0 Å². The molecule has 0 aliphatic carbocycles. The molecule has 0 fully saturated rings. The average molecular weight is 393 g/mol. The predicted molar refractivity (Wildman–Crippen MR) is 92.6 cm³/mol. The van der Waals surface area contributed by atoms with Crippen LogP contribution in [0.15, 0.2) is 24.3 Å². The van der Waals surface area contributed by atoms with Crippen molar-refractivity contribution in [1.82, 2.24) is 5.32 Å². The number of benzene rings is 1. The average Bonchev–Trinajstić information content (AvgIpc) is 2.45. The van der Waals surface area contributed by atoms with Gasteiger partial charge in [0.15, 0.2) is 0 Å². The van der Waals surface area contributed by atoms with Crippen LogP contribution in [0.5, 0.6) is 0 Å². The molecule has 2 N–H and O–H groups in total. The van der Waals surface area contributed by atoms with E-state index in [1.807, 2.05) is 32.9 Å². The highest BCUT2D eigenvalue weighted by Crippen LogP contribution is 2.13. The van der Waals surface area contributed by atoms with E-state index < -0.39 is 4.83 Å². The monoisotopic (exact) mass is 391 g/mol. The molecule has 0 aliphatic heterocycles. The third-order valence-electron chi connectivity index (χ3n) is 2.91. The Hall–Kier alpha value is -0.620. The van der Waals surface area contributed by atoms with Gasteiger partial charge in [-0.3, -0.25) is 4.79 Å². The normalized spacial score (nSPS) is 14.5. The predicted octanol–water partition coefficient (Wildman–Crippen LogP) is 2.94. The minimum absolute atomic E-state index is 0.131. The second-order valence-corrected chi connectivity index (χ2v) is 7.65. The molecule has 0 aromatic heterocycles. The number of aliphatic hydroxyl groups is 1. The molecule has 4 nitrogen and oxygen atoms in total. The molecule has 0 aliphatic rings. The van der Waals surface area contributed by atoms with Crippen LogP contribution < -0.4 is 5.32 Å².